The van der Waals surface area contributed by atoms with Crippen LogP contribution in [0.15, 0.2) is 12.1 Å². The summed E-state index contributed by atoms with van der Waals surface area (Å²) in [5.41, 5.74) is 9.36. The van der Waals surface area contributed by atoms with E-state index in [-0.39, 0.29) is 0 Å². The molecule has 0 saturated heterocycles. The molecule has 0 spiro atoms. The number of nitrogen functional groups attached to an aromatic ring is 1. The maximum atomic E-state index is 5.95. The van der Waals surface area contributed by atoms with Crippen LogP contribution >= 0.6 is 0 Å². The first-order valence-electron chi connectivity index (χ1n) is 5.97. The molecule has 3 nitrogen and oxygen atoms in total. The van der Waals surface area contributed by atoms with Crippen LogP contribution in [0.3, 0.4) is 0 Å². The lowest BCUT2D eigenvalue weighted by Gasteiger charge is -2.24. The Morgan fingerprint density at radius 2 is 2.19 bits per heavy atom. The van der Waals surface area contributed by atoms with Crippen molar-refractivity contribution in [3.63, 3.8) is 0 Å². The van der Waals surface area contributed by atoms with E-state index in [1.807, 2.05) is 0 Å². The van der Waals surface area contributed by atoms with Crippen LogP contribution in [0.25, 0.3) is 0 Å². The summed E-state index contributed by atoms with van der Waals surface area (Å²) >= 11 is 0. The van der Waals surface area contributed by atoms with Gasteiger partial charge >= 0.3 is 0 Å². The Balaban J connectivity index is 2.46. The minimum Gasteiger partial charge on any atom is -0.495 e. The van der Waals surface area contributed by atoms with E-state index < -0.39 is 0 Å². The minimum absolute atomic E-state index is 0.749. The molecule has 0 aromatic heterocycles. The maximum Gasteiger partial charge on any atom is 0.143 e. The molecule has 2 N–H and O–H groups in total. The molecule has 0 atom stereocenters. The summed E-state index contributed by atoms with van der Waals surface area (Å²) in [6, 6.07) is 4.15. The van der Waals surface area contributed by atoms with Gasteiger partial charge in [-0.2, -0.15) is 0 Å². The molecular weight excluding hydrogens is 200 g/mol. The van der Waals surface area contributed by atoms with Crippen molar-refractivity contribution in [2.75, 3.05) is 30.8 Å². The minimum atomic E-state index is 0.749. The van der Waals surface area contributed by atoms with Crippen LogP contribution in [-0.4, -0.2) is 20.2 Å². The molecule has 2 rings (SSSR count). The van der Waals surface area contributed by atoms with Crippen LogP contribution in [0.5, 0.6) is 5.75 Å². The molecule has 3 heteroatoms. The molecule has 1 aromatic carbocycles. The van der Waals surface area contributed by atoms with Crippen molar-refractivity contribution in [3.05, 3.63) is 17.7 Å². The van der Waals surface area contributed by atoms with Crippen molar-refractivity contribution < 1.29 is 4.74 Å². The number of hydrogen-bond acceptors (Lipinski definition) is 3. The molecule has 0 fully saturated rings. The second kappa shape index (κ2) is 4.64. The fourth-order valence-electron chi connectivity index (χ4n) is 2.37. The molecule has 1 aromatic rings. The summed E-state index contributed by atoms with van der Waals surface area (Å²) in [7, 11) is 1.67. The summed E-state index contributed by atoms with van der Waals surface area (Å²) in [4.78, 5) is 2.41. The SMILES string of the molecule is CCN1CCCCc2cc(N)c(OC)cc21. The summed E-state index contributed by atoms with van der Waals surface area (Å²) < 4.78 is 5.29. The van der Waals surface area contributed by atoms with Gasteiger partial charge in [0.05, 0.1) is 12.8 Å². The van der Waals surface area contributed by atoms with E-state index in [2.05, 4.69) is 24.0 Å². The van der Waals surface area contributed by atoms with Crippen LogP contribution < -0.4 is 15.4 Å². The number of hydrogen-bond donors (Lipinski definition) is 1. The Hall–Kier alpha value is -1.38. The normalized spacial score (nSPS) is 15.5. The summed E-state index contributed by atoms with van der Waals surface area (Å²) in [6.07, 6.45) is 3.63. The van der Waals surface area contributed by atoms with Crippen molar-refractivity contribution in [2.45, 2.75) is 26.2 Å². The zero-order valence-electron chi connectivity index (χ0n) is 10.1. The van der Waals surface area contributed by atoms with Gasteiger partial charge in [-0.05, 0) is 37.8 Å². The van der Waals surface area contributed by atoms with Crippen molar-refractivity contribution in [3.8, 4) is 5.75 Å². The van der Waals surface area contributed by atoms with Crippen LogP contribution in [0.1, 0.15) is 25.3 Å². The third-order valence-electron chi connectivity index (χ3n) is 3.28. The highest BCUT2D eigenvalue weighted by atomic mass is 16.5. The number of fused-ring (bicyclic) bond motifs is 1. The zero-order valence-corrected chi connectivity index (χ0v) is 10.1. The fraction of sp³-hybridized carbons (Fsp3) is 0.538. The summed E-state index contributed by atoms with van der Waals surface area (Å²) in [5, 5.41) is 0. The molecule has 0 aliphatic carbocycles. The van der Waals surface area contributed by atoms with Gasteiger partial charge in [-0.25, -0.2) is 0 Å². The number of aryl methyl sites for hydroxylation is 1. The van der Waals surface area contributed by atoms with Crippen LogP contribution in [-0.2, 0) is 6.42 Å². The van der Waals surface area contributed by atoms with E-state index in [4.69, 9.17) is 10.5 Å². The average Bonchev–Trinajstić information content (AvgIpc) is 2.49. The molecule has 1 heterocycles. The molecule has 0 radical (unpaired) electrons. The van der Waals surface area contributed by atoms with Gasteiger partial charge in [-0.3, -0.25) is 0 Å². The van der Waals surface area contributed by atoms with Crippen LogP contribution in [0, 0.1) is 0 Å². The number of benzene rings is 1. The highest BCUT2D eigenvalue weighted by molar-refractivity contribution is 5.67. The monoisotopic (exact) mass is 220 g/mol. The van der Waals surface area contributed by atoms with Gasteiger partial charge in [0.2, 0.25) is 0 Å². The molecule has 1 aliphatic heterocycles. The lowest BCUT2D eigenvalue weighted by atomic mass is 10.1. The van der Waals surface area contributed by atoms with E-state index in [1.165, 1.54) is 24.1 Å². The quantitative estimate of drug-likeness (QED) is 0.778. The molecule has 88 valence electrons. The Morgan fingerprint density at radius 1 is 1.38 bits per heavy atom. The fourth-order valence-corrected chi connectivity index (χ4v) is 2.37. The van der Waals surface area contributed by atoms with Gasteiger partial charge in [0.25, 0.3) is 0 Å². The smallest absolute Gasteiger partial charge is 0.143 e. The van der Waals surface area contributed by atoms with Gasteiger partial charge in [-0.15, -0.1) is 0 Å². The van der Waals surface area contributed by atoms with Crippen LogP contribution in [0.2, 0.25) is 0 Å². The van der Waals surface area contributed by atoms with Crippen molar-refractivity contribution in [1.82, 2.24) is 0 Å². The van der Waals surface area contributed by atoms with E-state index in [9.17, 15) is 0 Å². The number of rotatable bonds is 2. The number of anilines is 2. The first kappa shape index (κ1) is 11.1. The summed E-state index contributed by atoms with van der Waals surface area (Å²) in [6.45, 7) is 4.37. The van der Waals surface area contributed by atoms with Gasteiger partial charge in [-0.1, -0.05) is 0 Å². The van der Waals surface area contributed by atoms with Crippen molar-refractivity contribution in [1.29, 1.82) is 0 Å². The molecule has 0 saturated carbocycles. The number of nitrogens with two attached hydrogens (primary N) is 1. The summed E-state index contributed by atoms with van der Waals surface area (Å²) in [5.74, 6) is 0.791. The van der Waals surface area contributed by atoms with Crippen molar-refractivity contribution in [2.24, 2.45) is 0 Å². The van der Waals surface area contributed by atoms with E-state index >= 15 is 0 Å². The molecule has 0 unspecified atom stereocenters. The largest absolute Gasteiger partial charge is 0.495 e. The lowest BCUT2D eigenvalue weighted by molar-refractivity contribution is 0.417. The van der Waals surface area contributed by atoms with Gasteiger partial charge in [0.15, 0.2) is 0 Å². The zero-order chi connectivity index (χ0) is 11.5. The predicted molar refractivity (Wildman–Crippen MR) is 68.2 cm³/mol. The highest BCUT2D eigenvalue weighted by Crippen LogP contribution is 2.34. The molecular formula is C13H20N2O. The number of ether oxygens (including phenoxy) is 1. The van der Waals surface area contributed by atoms with Crippen LogP contribution in [0.4, 0.5) is 11.4 Å². The Kier molecular flexibility index (Phi) is 3.22. The van der Waals surface area contributed by atoms with E-state index in [0.717, 1.165) is 30.9 Å². The molecule has 0 amide bonds. The highest BCUT2D eigenvalue weighted by Gasteiger charge is 2.16. The first-order valence-corrected chi connectivity index (χ1v) is 5.97. The first-order chi connectivity index (χ1) is 7.76. The van der Waals surface area contributed by atoms with Crippen molar-refractivity contribution >= 4 is 11.4 Å². The third kappa shape index (κ3) is 1.94. The Labute approximate surface area is 97.2 Å². The molecule has 1 aliphatic rings. The third-order valence-corrected chi connectivity index (χ3v) is 3.28. The lowest BCUT2D eigenvalue weighted by Crippen LogP contribution is -2.23. The Morgan fingerprint density at radius 3 is 2.88 bits per heavy atom. The maximum absolute atomic E-state index is 5.95. The standard InChI is InChI=1S/C13H20N2O/c1-3-15-7-5-4-6-10-8-11(14)13(16-2)9-12(10)15/h8-9H,3-7,14H2,1-2H3. The second-order valence-electron chi connectivity index (χ2n) is 4.26. The van der Waals surface area contributed by atoms with Gasteiger partial charge in [0.1, 0.15) is 5.75 Å². The second-order valence-corrected chi connectivity index (χ2v) is 4.26. The topological polar surface area (TPSA) is 38.5 Å². The average molecular weight is 220 g/mol. The molecule has 0 bridgehead atoms. The molecule has 16 heavy (non-hydrogen) atoms. The van der Waals surface area contributed by atoms with Gasteiger partial charge < -0.3 is 15.4 Å². The van der Waals surface area contributed by atoms with E-state index in [0.29, 0.717) is 0 Å². The number of nitrogens with zero attached hydrogens (tertiary/aromatic N) is 1. The number of methoxy groups -OCH3 is 1. The predicted octanol–water partition coefficient (Wildman–Crippen LogP) is 2.44. The van der Waals surface area contributed by atoms with E-state index in [1.54, 1.807) is 7.11 Å². The van der Waals surface area contributed by atoms with Gasteiger partial charge in [0, 0.05) is 24.8 Å². The Bertz CT molecular complexity index is 376.